The predicted octanol–water partition coefficient (Wildman–Crippen LogP) is 3.78. The molecule has 0 saturated heterocycles. The molecule has 7 heteroatoms. The lowest BCUT2D eigenvalue weighted by atomic mass is 10.3. The Kier molecular flexibility index (Phi) is 5.63. The van der Waals surface area contributed by atoms with Crippen molar-refractivity contribution in [3.8, 4) is 0 Å². The fourth-order valence-electron chi connectivity index (χ4n) is 1.51. The summed E-state index contributed by atoms with van der Waals surface area (Å²) in [6.07, 6.45) is 4.08. The van der Waals surface area contributed by atoms with E-state index < -0.39 is 18.5 Å². The van der Waals surface area contributed by atoms with E-state index in [4.69, 9.17) is 32.4 Å². The number of esters is 1. The van der Waals surface area contributed by atoms with Crippen molar-refractivity contribution in [3.05, 3.63) is 58.5 Å². The summed E-state index contributed by atoms with van der Waals surface area (Å²) < 4.78 is 9.80. The molecule has 0 spiro atoms. The van der Waals surface area contributed by atoms with E-state index in [9.17, 15) is 9.59 Å². The number of amides is 1. The number of hydrogen-bond acceptors (Lipinski definition) is 4. The minimum Gasteiger partial charge on any atom is -0.465 e. The normalized spacial score (nSPS) is 10.6. The van der Waals surface area contributed by atoms with Crippen molar-refractivity contribution in [3.63, 3.8) is 0 Å². The number of benzene rings is 1. The number of carbonyl (C=O) groups excluding carboxylic acids is 2. The molecular weight excluding hydrogens is 329 g/mol. The minimum atomic E-state index is -0.663. The van der Waals surface area contributed by atoms with Gasteiger partial charge in [0.15, 0.2) is 6.61 Å². The standard InChI is InChI=1S/C15H11Cl2NO4/c16-11-4-1-5-12(15(11)17)18-13(19)9-22-14(20)7-6-10-3-2-8-21-10/h1-8H,9H2,(H,18,19). The van der Waals surface area contributed by atoms with Crippen LogP contribution in [0.15, 0.2) is 47.1 Å². The zero-order valence-electron chi connectivity index (χ0n) is 11.2. The third-order valence-corrected chi connectivity index (χ3v) is 3.32. The van der Waals surface area contributed by atoms with Gasteiger partial charge in [0, 0.05) is 6.08 Å². The summed E-state index contributed by atoms with van der Waals surface area (Å²) in [6.45, 7) is -0.440. The van der Waals surface area contributed by atoms with E-state index in [2.05, 4.69) is 5.32 Å². The first-order chi connectivity index (χ1) is 10.6. The van der Waals surface area contributed by atoms with Gasteiger partial charge in [-0.05, 0) is 30.3 Å². The van der Waals surface area contributed by atoms with Crippen molar-refractivity contribution in [2.75, 3.05) is 11.9 Å². The third-order valence-electron chi connectivity index (χ3n) is 2.50. The molecular formula is C15H11Cl2NO4. The van der Waals surface area contributed by atoms with Crippen molar-refractivity contribution < 1.29 is 18.7 Å². The molecule has 0 atom stereocenters. The van der Waals surface area contributed by atoms with E-state index in [-0.39, 0.29) is 5.02 Å². The summed E-state index contributed by atoms with van der Waals surface area (Å²) in [5.41, 5.74) is 0.348. The van der Waals surface area contributed by atoms with Gasteiger partial charge in [0.1, 0.15) is 5.76 Å². The molecule has 1 heterocycles. The van der Waals surface area contributed by atoms with Gasteiger partial charge >= 0.3 is 5.97 Å². The van der Waals surface area contributed by atoms with Crippen LogP contribution in [0.3, 0.4) is 0 Å². The van der Waals surface area contributed by atoms with Crippen molar-refractivity contribution >= 4 is 46.8 Å². The Hall–Kier alpha value is -2.24. The van der Waals surface area contributed by atoms with E-state index in [1.165, 1.54) is 18.4 Å². The Balaban J connectivity index is 1.82. The summed E-state index contributed by atoms with van der Waals surface area (Å²) >= 11 is 11.8. The molecule has 0 fully saturated rings. The highest BCUT2D eigenvalue weighted by Gasteiger charge is 2.09. The monoisotopic (exact) mass is 339 g/mol. The molecule has 2 aromatic rings. The quantitative estimate of drug-likeness (QED) is 0.664. The van der Waals surface area contributed by atoms with E-state index >= 15 is 0 Å². The highest BCUT2D eigenvalue weighted by molar-refractivity contribution is 6.44. The number of halogens is 2. The third kappa shape index (κ3) is 4.65. The van der Waals surface area contributed by atoms with Gasteiger partial charge in [-0.2, -0.15) is 0 Å². The lowest BCUT2D eigenvalue weighted by Crippen LogP contribution is -2.20. The SMILES string of the molecule is O=C(COC(=O)C=Cc1ccco1)Nc1cccc(Cl)c1Cl. The molecule has 1 aromatic heterocycles. The highest BCUT2D eigenvalue weighted by atomic mass is 35.5. The summed E-state index contributed by atoms with van der Waals surface area (Å²) in [7, 11) is 0. The summed E-state index contributed by atoms with van der Waals surface area (Å²) in [6, 6.07) is 8.19. The molecule has 22 heavy (non-hydrogen) atoms. The maximum absolute atomic E-state index is 11.7. The number of carbonyl (C=O) groups is 2. The Morgan fingerprint density at radius 2 is 2.05 bits per heavy atom. The summed E-state index contributed by atoms with van der Waals surface area (Å²) in [4.78, 5) is 23.1. The fourth-order valence-corrected chi connectivity index (χ4v) is 1.86. The van der Waals surface area contributed by atoms with Crippen LogP contribution in [0.5, 0.6) is 0 Å². The van der Waals surface area contributed by atoms with Gasteiger partial charge in [-0.1, -0.05) is 29.3 Å². The maximum Gasteiger partial charge on any atom is 0.331 e. The second-order valence-electron chi connectivity index (χ2n) is 4.11. The Bertz CT molecular complexity index is 696. The fraction of sp³-hybridized carbons (Fsp3) is 0.0667. The average Bonchev–Trinajstić information content (AvgIpc) is 3.01. The maximum atomic E-state index is 11.7. The molecule has 2 rings (SSSR count). The molecule has 0 aliphatic carbocycles. The van der Waals surface area contributed by atoms with Gasteiger partial charge in [-0.25, -0.2) is 4.79 Å². The molecule has 1 aromatic carbocycles. The molecule has 0 saturated carbocycles. The second-order valence-corrected chi connectivity index (χ2v) is 4.89. The molecule has 0 aliphatic heterocycles. The van der Waals surface area contributed by atoms with Crippen molar-refractivity contribution in [1.29, 1.82) is 0 Å². The van der Waals surface area contributed by atoms with Crippen LogP contribution in [-0.4, -0.2) is 18.5 Å². The lowest BCUT2D eigenvalue weighted by Gasteiger charge is -2.07. The van der Waals surface area contributed by atoms with Gasteiger partial charge in [0.05, 0.1) is 22.0 Å². The average molecular weight is 340 g/mol. The van der Waals surface area contributed by atoms with Crippen LogP contribution in [0.1, 0.15) is 5.76 Å². The van der Waals surface area contributed by atoms with Crippen LogP contribution < -0.4 is 5.32 Å². The Morgan fingerprint density at radius 1 is 1.23 bits per heavy atom. The number of anilines is 1. The molecule has 0 unspecified atom stereocenters. The zero-order chi connectivity index (χ0) is 15.9. The van der Waals surface area contributed by atoms with Crippen LogP contribution >= 0.6 is 23.2 Å². The lowest BCUT2D eigenvalue weighted by molar-refractivity contribution is -0.142. The van der Waals surface area contributed by atoms with Crippen LogP contribution in [-0.2, 0) is 14.3 Å². The molecule has 1 amide bonds. The van der Waals surface area contributed by atoms with Gasteiger partial charge < -0.3 is 14.5 Å². The number of ether oxygens (including phenoxy) is 1. The first-order valence-electron chi connectivity index (χ1n) is 6.18. The van der Waals surface area contributed by atoms with Crippen LogP contribution in [0, 0.1) is 0 Å². The zero-order valence-corrected chi connectivity index (χ0v) is 12.7. The van der Waals surface area contributed by atoms with Crippen LogP contribution in [0.4, 0.5) is 5.69 Å². The van der Waals surface area contributed by atoms with Crippen molar-refractivity contribution in [2.24, 2.45) is 0 Å². The Labute approximate surface area is 136 Å². The second kappa shape index (κ2) is 7.68. The largest absolute Gasteiger partial charge is 0.465 e. The molecule has 0 aliphatic rings. The number of rotatable bonds is 5. The van der Waals surface area contributed by atoms with Crippen LogP contribution in [0.25, 0.3) is 6.08 Å². The molecule has 114 valence electrons. The van der Waals surface area contributed by atoms with Gasteiger partial charge in [0.2, 0.25) is 0 Å². The van der Waals surface area contributed by atoms with Gasteiger partial charge in [0.25, 0.3) is 5.91 Å². The topological polar surface area (TPSA) is 68.5 Å². The number of nitrogens with one attached hydrogen (secondary N) is 1. The van der Waals surface area contributed by atoms with Crippen molar-refractivity contribution in [1.82, 2.24) is 0 Å². The van der Waals surface area contributed by atoms with E-state index in [1.54, 1.807) is 30.3 Å². The first kappa shape index (κ1) is 16.1. The van der Waals surface area contributed by atoms with Crippen LogP contribution in [0.2, 0.25) is 10.0 Å². The molecule has 0 bridgehead atoms. The van der Waals surface area contributed by atoms with E-state index in [1.807, 2.05) is 0 Å². The highest BCUT2D eigenvalue weighted by Crippen LogP contribution is 2.29. The number of furan rings is 1. The van der Waals surface area contributed by atoms with E-state index in [0.29, 0.717) is 16.5 Å². The summed E-state index contributed by atoms with van der Waals surface area (Å²) in [5, 5.41) is 3.04. The number of hydrogen-bond donors (Lipinski definition) is 1. The summed E-state index contributed by atoms with van der Waals surface area (Å²) in [5.74, 6) is -0.681. The van der Waals surface area contributed by atoms with E-state index in [0.717, 1.165) is 0 Å². The first-order valence-corrected chi connectivity index (χ1v) is 6.94. The van der Waals surface area contributed by atoms with Crippen molar-refractivity contribution in [2.45, 2.75) is 0 Å². The minimum absolute atomic E-state index is 0.224. The van der Waals surface area contributed by atoms with Gasteiger partial charge in [-0.3, -0.25) is 4.79 Å². The molecule has 0 radical (unpaired) electrons. The molecule has 5 nitrogen and oxygen atoms in total. The smallest absolute Gasteiger partial charge is 0.331 e. The Morgan fingerprint density at radius 3 is 2.77 bits per heavy atom. The predicted molar refractivity (Wildman–Crippen MR) is 83.8 cm³/mol. The van der Waals surface area contributed by atoms with Gasteiger partial charge in [-0.15, -0.1) is 0 Å². The molecule has 1 N–H and O–H groups in total.